The number of carbonyl (C=O) groups excluding carboxylic acids is 2. The number of sulfonamides is 1. The molecular weight excluding hydrogens is 506 g/mol. The summed E-state index contributed by atoms with van der Waals surface area (Å²) in [7, 11) is -3.84. The minimum absolute atomic E-state index is 0.0408. The van der Waals surface area contributed by atoms with Crippen LogP contribution in [0.25, 0.3) is 0 Å². The average Bonchev–Trinajstić information content (AvgIpc) is 3.52. The molecule has 2 aromatic rings. The van der Waals surface area contributed by atoms with E-state index < -0.39 is 28.5 Å². The Bertz CT molecular complexity index is 1210. The number of rotatable bonds is 9. The maximum absolute atomic E-state index is 13.6. The summed E-state index contributed by atoms with van der Waals surface area (Å²) in [5, 5.41) is 3.59. The molecular formula is C25H30ClN3O6S. The van der Waals surface area contributed by atoms with E-state index in [1.54, 1.807) is 43.3 Å². The lowest BCUT2D eigenvalue weighted by Gasteiger charge is -2.32. The summed E-state index contributed by atoms with van der Waals surface area (Å²) in [5.41, 5.74) is 1.03. The molecule has 1 aliphatic carbocycles. The molecule has 1 atom stereocenters. The molecule has 194 valence electrons. The van der Waals surface area contributed by atoms with Crippen molar-refractivity contribution in [3.8, 4) is 11.5 Å². The van der Waals surface area contributed by atoms with Gasteiger partial charge < -0.3 is 19.7 Å². The van der Waals surface area contributed by atoms with E-state index >= 15 is 0 Å². The zero-order valence-corrected chi connectivity index (χ0v) is 21.8. The van der Waals surface area contributed by atoms with Crippen LogP contribution in [0.15, 0.2) is 42.5 Å². The Labute approximate surface area is 216 Å². The molecule has 2 aromatic carbocycles. The van der Waals surface area contributed by atoms with Crippen molar-refractivity contribution in [1.29, 1.82) is 0 Å². The predicted molar refractivity (Wildman–Crippen MR) is 137 cm³/mol. The number of fused-ring (bicyclic) bond motifs is 1. The Kier molecular flexibility index (Phi) is 7.94. The van der Waals surface area contributed by atoms with Crippen LogP contribution in [-0.2, 0) is 26.2 Å². The van der Waals surface area contributed by atoms with E-state index in [9.17, 15) is 18.0 Å². The molecule has 1 saturated carbocycles. The zero-order chi connectivity index (χ0) is 25.9. The van der Waals surface area contributed by atoms with Crippen LogP contribution in [0.2, 0.25) is 5.02 Å². The van der Waals surface area contributed by atoms with Gasteiger partial charge in [-0.05, 0) is 49.6 Å². The predicted octanol–water partition coefficient (Wildman–Crippen LogP) is 3.31. The van der Waals surface area contributed by atoms with Gasteiger partial charge in [-0.1, -0.05) is 36.6 Å². The second-order valence-corrected chi connectivity index (χ2v) is 11.5. The molecule has 11 heteroatoms. The number of hydrogen-bond donors (Lipinski definition) is 1. The lowest BCUT2D eigenvalue weighted by atomic mass is 10.1. The normalized spacial score (nSPS) is 16.0. The topological polar surface area (TPSA) is 105 Å². The number of ether oxygens (including phenoxy) is 2. The number of nitrogens with one attached hydrogen (secondary N) is 1. The largest absolute Gasteiger partial charge is 0.454 e. The van der Waals surface area contributed by atoms with Gasteiger partial charge in [0.05, 0.1) is 11.9 Å². The van der Waals surface area contributed by atoms with Gasteiger partial charge in [0.1, 0.15) is 12.6 Å². The van der Waals surface area contributed by atoms with Gasteiger partial charge in [-0.15, -0.1) is 0 Å². The molecule has 0 aromatic heterocycles. The van der Waals surface area contributed by atoms with Crippen molar-refractivity contribution < 1.29 is 27.5 Å². The van der Waals surface area contributed by atoms with Crippen molar-refractivity contribution in [2.45, 2.75) is 51.2 Å². The molecule has 0 unspecified atom stereocenters. The summed E-state index contributed by atoms with van der Waals surface area (Å²) in [6, 6.07) is 10.9. The maximum atomic E-state index is 13.6. The first kappa shape index (κ1) is 26.1. The van der Waals surface area contributed by atoms with Crippen LogP contribution < -0.4 is 19.1 Å². The van der Waals surface area contributed by atoms with Crippen molar-refractivity contribution in [3.05, 3.63) is 53.1 Å². The van der Waals surface area contributed by atoms with Crippen molar-refractivity contribution in [2.75, 3.05) is 23.9 Å². The number of carbonyl (C=O) groups is 2. The molecule has 1 heterocycles. The van der Waals surface area contributed by atoms with Crippen molar-refractivity contribution in [1.82, 2.24) is 10.2 Å². The highest BCUT2D eigenvalue weighted by atomic mass is 35.5. The molecule has 1 aliphatic heterocycles. The van der Waals surface area contributed by atoms with Crippen molar-refractivity contribution in [3.63, 3.8) is 0 Å². The number of amides is 2. The third-order valence-corrected chi connectivity index (χ3v) is 7.85. The Balaban J connectivity index is 1.59. The second-order valence-electron chi connectivity index (χ2n) is 9.12. The van der Waals surface area contributed by atoms with E-state index in [0.717, 1.165) is 41.8 Å². The smallest absolute Gasteiger partial charge is 0.244 e. The highest BCUT2D eigenvalue weighted by molar-refractivity contribution is 7.92. The van der Waals surface area contributed by atoms with Gasteiger partial charge in [0.25, 0.3) is 0 Å². The fourth-order valence-electron chi connectivity index (χ4n) is 4.42. The molecule has 0 bridgehead atoms. The van der Waals surface area contributed by atoms with Crippen LogP contribution in [-0.4, -0.2) is 56.8 Å². The molecule has 2 aliphatic rings. The summed E-state index contributed by atoms with van der Waals surface area (Å²) in [6.07, 6.45) is 4.98. The van der Waals surface area contributed by atoms with Crippen LogP contribution in [0.3, 0.4) is 0 Å². The molecule has 0 radical (unpaired) electrons. The van der Waals surface area contributed by atoms with Gasteiger partial charge in [0.15, 0.2) is 11.5 Å². The van der Waals surface area contributed by atoms with E-state index in [2.05, 4.69) is 5.32 Å². The number of halogens is 1. The first-order valence-corrected chi connectivity index (χ1v) is 14.1. The summed E-state index contributed by atoms with van der Waals surface area (Å²) in [5.74, 6) is 0.122. The van der Waals surface area contributed by atoms with Gasteiger partial charge in [-0.25, -0.2) is 8.42 Å². The lowest BCUT2D eigenvalue weighted by molar-refractivity contribution is -0.139. The molecule has 1 fully saturated rings. The minimum Gasteiger partial charge on any atom is -0.454 e. The Morgan fingerprint density at radius 1 is 1.08 bits per heavy atom. The number of benzene rings is 2. The highest BCUT2D eigenvalue weighted by Gasteiger charge is 2.32. The number of hydrogen-bond acceptors (Lipinski definition) is 6. The molecule has 9 nitrogen and oxygen atoms in total. The number of nitrogens with zero attached hydrogens (tertiary/aromatic N) is 2. The minimum atomic E-state index is -3.84. The molecule has 1 N–H and O–H groups in total. The zero-order valence-electron chi connectivity index (χ0n) is 20.3. The third kappa shape index (κ3) is 6.22. The summed E-state index contributed by atoms with van der Waals surface area (Å²) >= 11 is 6.01. The quantitative estimate of drug-likeness (QED) is 0.528. The first-order valence-electron chi connectivity index (χ1n) is 11.8. The van der Waals surface area contributed by atoms with Crippen LogP contribution >= 0.6 is 11.6 Å². The fourth-order valence-corrected chi connectivity index (χ4v) is 5.38. The lowest BCUT2D eigenvalue weighted by Crippen LogP contribution is -2.52. The summed E-state index contributed by atoms with van der Waals surface area (Å²) in [6.45, 7) is 1.34. The van der Waals surface area contributed by atoms with Crippen LogP contribution in [0, 0.1) is 0 Å². The monoisotopic (exact) mass is 535 g/mol. The molecule has 0 saturated heterocycles. The van der Waals surface area contributed by atoms with Crippen molar-refractivity contribution in [2.24, 2.45) is 0 Å². The van der Waals surface area contributed by atoms with Crippen LogP contribution in [0.5, 0.6) is 11.5 Å². The van der Waals surface area contributed by atoms with E-state index in [1.165, 1.54) is 11.0 Å². The van der Waals surface area contributed by atoms with Crippen molar-refractivity contribution >= 4 is 39.1 Å². The van der Waals surface area contributed by atoms with E-state index in [0.29, 0.717) is 16.5 Å². The summed E-state index contributed by atoms with van der Waals surface area (Å²) in [4.78, 5) is 28.1. The number of anilines is 1. The van der Waals surface area contributed by atoms with E-state index in [1.807, 2.05) is 0 Å². The third-order valence-electron chi connectivity index (χ3n) is 6.46. The van der Waals surface area contributed by atoms with Gasteiger partial charge in [-0.3, -0.25) is 13.9 Å². The average molecular weight is 536 g/mol. The second kappa shape index (κ2) is 11.0. The fraction of sp³-hybridized carbons (Fsp3) is 0.440. The van der Waals surface area contributed by atoms with Gasteiger partial charge in [0.2, 0.25) is 28.6 Å². The Hall–Kier alpha value is -2.98. The SMILES string of the molecule is C[C@@H](C(=O)NC1CCCC1)N(Cc1ccc(Cl)cc1)C(=O)CN(c1ccc2c(c1)OCO2)S(C)(=O)=O. The van der Waals surface area contributed by atoms with Crippen LogP contribution in [0.4, 0.5) is 5.69 Å². The molecule has 4 rings (SSSR count). The van der Waals surface area contributed by atoms with Gasteiger partial charge >= 0.3 is 0 Å². The summed E-state index contributed by atoms with van der Waals surface area (Å²) < 4.78 is 37.1. The maximum Gasteiger partial charge on any atom is 0.244 e. The van der Waals surface area contributed by atoms with E-state index in [-0.39, 0.29) is 31.0 Å². The molecule has 2 amide bonds. The van der Waals surface area contributed by atoms with Gasteiger partial charge in [0, 0.05) is 23.7 Å². The highest BCUT2D eigenvalue weighted by Crippen LogP contribution is 2.36. The Morgan fingerprint density at radius 3 is 2.42 bits per heavy atom. The molecule has 36 heavy (non-hydrogen) atoms. The van der Waals surface area contributed by atoms with Gasteiger partial charge in [-0.2, -0.15) is 0 Å². The first-order chi connectivity index (χ1) is 17.1. The Morgan fingerprint density at radius 2 is 1.75 bits per heavy atom. The van der Waals surface area contributed by atoms with Crippen LogP contribution in [0.1, 0.15) is 38.2 Å². The van der Waals surface area contributed by atoms with E-state index in [4.69, 9.17) is 21.1 Å². The standard InChI is InChI=1S/C25H30ClN3O6S/c1-17(25(31)27-20-5-3-4-6-20)28(14-18-7-9-19(26)10-8-18)24(30)15-29(36(2,32)33)21-11-12-22-23(13-21)35-16-34-22/h7-13,17,20H,3-6,14-16H2,1-2H3,(H,27,31)/t17-/m0/s1. The molecule has 0 spiro atoms.